The molecule has 0 saturated carbocycles. The first kappa shape index (κ1) is 13.1. The second-order valence-electron chi connectivity index (χ2n) is 3.55. The van der Waals surface area contributed by atoms with Crippen LogP contribution in [0.1, 0.15) is 12.5 Å². The molecule has 0 aliphatic carbocycles. The van der Waals surface area contributed by atoms with E-state index in [9.17, 15) is 4.79 Å². The maximum absolute atomic E-state index is 10.6. The van der Waals surface area contributed by atoms with Gasteiger partial charge in [0.1, 0.15) is 0 Å². The van der Waals surface area contributed by atoms with E-state index >= 15 is 0 Å². The number of hydrogen-bond donors (Lipinski definition) is 1. The number of aliphatic carboxylic acids is 1. The summed E-state index contributed by atoms with van der Waals surface area (Å²) in [7, 11) is 0. The van der Waals surface area contributed by atoms with E-state index < -0.39 is 5.97 Å². The van der Waals surface area contributed by atoms with Gasteiger partial charge in [-0.2, -0.15) is 0 Å². The van der Waals surface area contributed by atoms with Crippen molar-refractivity contribution < 1.29 is 9.90 Å². The highest BCUT2D eigenvalue weighted by Crippen LogP contribution is 2.15. The first-order valence-corrected chi connectivity index (χ1v) is 6.45. The Kier molecular flexibility index (Phi) is 5.35. The van der Waals surface area contributed by atoms with Crippen LogP contribution >= 0.6 is 11.8 Å². The molecule has 0 heterocycles. The molecule has 0 atom stereocenters. The van der Waals surface area contributed by atoms with Crippen molar-refractivity contribution >= 4 is 17.7 Å². The standard InChI is InChI=1S/C12H17NO2S/c1-3-13(9-12(14)15)8-10-4-6-11(16-2)7-5-10/h4-7H,3,8-9H2,1-2H3,(H,14,15). The third kappa shape index (κ3) is 4.24. The Morgan fingerprint density at radius 2 is 2.00 bits per heavy atom. The molecule has 0 saturated heterocycles. The number of rotatable bonds is 6. The van der Waals surface area contributed by atoms with Gasteiger partial charge in [0.15, 0.2) is 0 Å². The van der Waals surface area contributed by atoms with Crippen molar-refractivity contribution in [1.29, 1.82) is 0 Å². The minimum atomic E-state index is -0.775. The fourth-order valence-corrected chi connectivity index (χ4v) is 1.87. The second-order valence-corrected chi connectivity index (χ2v) is 4.42. The van der Waals surface area contributed by atoms with Gasteiger partial charge < -0.3 is 5.11 Å². The molecule has 1 rings (SSSR count). The lowest BCUT2D eigenvalue weighted by molar-refractivity contribution is -0.138. The van der Waals surface area contributed by atoms with Crippen LogP contribution in [0.5, 0.6) is 0 Å². The summed E-state index contributed by atoms with van der Waals surface area (Å²) < 4.78 is 0. The number of carbonyl (C=O) groups is 1. The van der Waals surface area contributed by atoms with Crippen molar-refractivity contribution in [3.63, 3.8) is 0 Å². The average molecular weight is 239 g/mol. The van der Waals surface area contributed by atoms with Crippen LogP contribution in [0.3, 0.4) is 0 Å². The van der Waals surface area contributed by atoms with Crippen molar-refractivity contribution in [3.8, 4) is 0 Å². The largest absolute Gasteiger partial charge is 0.480 e. The molecule has 4 heteroatoms. The average Bonchev–Trinajstić information content (AvgIpc) is 2.28. The number of likely N-dealkylation sites (N-methyl/N-ethyl adjacent to an activating group) is 1. The fourth-order valence-electron chi connectivity index (χ4n) is 1.46. The van der Waals surface area contributed by atoms with Gasteiger partial charge >= 0.3 is 5.97 Å². The van der Waals surface area contributed by atoms with Crippen molar-refractivity contribution in [3.05, 3.63) is 29.8 Å². The molecule has 1 N–H and O–H groups in total. The Morgan fingerprint density at radius 3 is 2.44 bits per heavy atom. The van der Waals surface area contributed by atoms with Gasteiger partial charge in [-0.05, 0) is 30.5 Å². The summed E-state index contributed by atoms with van der Waals surface area (Å²) in [6, 6.07) is 8.23. The van der Waals surface area contributed by atoms with E-state index in [0.717, 1.165) is 12.1 Å². The molecule has 0 bridgehead atoms. The summed E-state index contributed by atoms with van der Waals surface area (Å²) in [4.78, 5) is 13.7. The summed E-state index contributed by atoms with van der Waals surface area (Å²) >= 11 is 1.71. The van der Waals surface area contributed by atoms with Gasteiger partial charge in [-0.15, -0.1) is 11.8 Å². The van der Waals surface area contributed by atoms with E-state index in [2.05, 4.69) is 24.3 Å². The zero-order chi connectivity index (χ0) is 12.0. The van der Waals surface area contributed by atoms with E-state index in [1.807, 2.05) is 18.1 Å². The number of hydrogen-bond acceptors (Lipinski definition) is 3. The van der Waals surface area contributed by atoms with Crippen LogP contribution in [0, 0.1) is 0 Å². The van der Waals surface area contributed by atoms with Crippen LogP contribution in [0.4, 0.5) is 0 Å². The molecule has 3 nitrogen and oxygen atoms in total. The Labute approximate surface area is 100 Å². The summed E-state index contributed by atoms with van der Waals surface area (Å²) in [6.45, 7) is 3.51. The predicted molar refractivity (Wildman–Crippen MR) is 66.8 cm³/mol. The Morgan fingerprint density at radius 1 is 1.38 bits per heavy atom. The van der Waals surface area contributed by atoms with Gasteiger partial charge in [0.2, 0.25) is 0 Å². The molecule has 0 spiro atoms. The van der Waals surface area contributed by atoms with Crippen LogP contribution in [-0.4, -0.2) is 35.3 Å². The minimum Gasteiger partial charge on any atom is -0.480 e. The molecule has 0 aliphatic heterocycles. The summed E-state index contributed by atoms with van der Waals surface area (Å²) in [5.74, 6) is -0.775. The highest BCUT2D eigenvalue weighted by Gasteiger charge is 2.07. The van der Waals surface area contributed by atoms with Gasteiger partial charge in [0.05, 0.1) is 6.54 Å². The van der Waals surface area contributed by atoms with Gasteiger partial charge in [-0.1, -0.05) is 19.1 Å². The lowest BCUT2D eigenvalue weighted by atomic mass is 10.2. The molecule has 0 aliphatic rings. The first-order valence-electron chi connectivity index (χ1n) is 5.22. The smallest absolute Gasteiger partial charge is 0.317 e. The number of thioether (sulfide) groups is 1. The monoisotopic (exact) mass is 239 g/mol. The molecular weight excluding hydrogens is 222 g/mol. The summed E-state index contributed by atoms with van der Waals surface area (Å²) in [6.07, 6.45) is 2.04. The van der Waals surface area contributed by atoms with Crippen molar-refractivity contribution in [1.82, 2.24) is 4.90 Å². The molecule has 16 heavy (non-hydrogen) atoms. The van der Waals surface area contributed by atoms with Gasteiger partial charge in [-0.25, -0.2) is 0 Å². The van der Waals surface area contributed by atoms with Crippen molar-refractivity contribution in [2.75, 3.05) is 19.3 Å². The van der Waals surface area contributed by atoms with Crippen LogP contribution in [0.2, 0.25) is 0 Å². The molecule has 0 radical (unpaired) electrons. The molecular formula is C12H17NO2S. The van der Waals surface area contributed by atoms with Crippen LogP contribution < -0.4 is 0 Å². The third-order valence-electron chi connectivity index (χ3n) is 2.37. The van der Waals surface area contributed by atoms with Crippen molar-refractivity contribution in [2.24, 2.45) is 0 Å². The molecule has 0 aromatic heterocycles. The van der Waals surface area contributed by atoms with Gasteiger partial charge in [0, 0.05) is 11.4 Å². The molecule has 88 valence electrons. The number of benzene rings is 1. The van der Waals surface area contributed by atoms with Crippen LogP contribution in [-0.2, 0) is 11.3 Å². The normalized spacial score (nSPS) is 10.7. The maximum Gasteiger partial charge on any atom is 0.317 e. The van der Waals surface area contributed by atoms with E-state index in [4.69, 9.17) is 5.11 Å². The number of carboxylic acid groups (broad SMARTS) is 1. The highest BCUT2D eigenvalue weighted by atomic mass is 32.2. The van der Waals surface area contributed by atoms with Gasteiger partial charge in [0.25, 0.3) is 0 Å². The van der Waals surface area contributed by atoms with E-state index in [1.165, 1.54) is 4.90 Å². The second kappa shape index (κ2) is 6.55. The minimum absolute atomic E-state index is 0.0980. The summed E-state index contributed by atoms with van der Waals surface area (Å²) in [5.41, 5.74) is 1.15. The number of carboxylic acids is 1. The predicted octanol–water partition coefficient (Wildman–Crippen LogP) is 2.32. The SMILES string of the molecule is CCN(CC(=O)O)Cc1ccc(SC)cc1. The fraction of sp³-hybridized carbons (Fsp3) is 0.417. The first-order chi connectivity index (χ1) is 7.65. The zero-order valence-electron chi connectivity index (χ0n) is 9.64. The Bertz CT molecular complexity index is 337. The highest BCUT2D eigenvalue weighted by molar-refractivity contribution is 7.98. The Balaban J connectivity index is 2.59. The zero-order valence-corrected chi connectivity index (χ0v) is 10.5. The molecule has 1 aromatic rings. The third-order valence-corrected chi connectivity index (χ3v) is 3.11. The van der Waals surface area contributed by atoms with Crippen LogP contribution in [0.25, 0.3) is 0 Å². The quantitative estimate of drug-likeness (QED) is 0.773. The topological polar surface area (TPSA) is 40.5 Å². The molecule has 0 amide bonds. The lowest BCUT2D eigenvalue weighted by Gasteiger charge is -2.17. The van der Waals surface area contributed by atoms with Crippen molar-refractivity contribution in [2.45, 2.75) is 18.4 Å². The lowest BCUT2D eigenvalue weighted by Crippen LogP contribution is -2.28. The maximum atomic E-state index is 10.6. The molecule has 0 fully saturated rings. The number of nitrogens with zero attached hydrogens (tertiary/aromatic N) is 1. The van der Waals surface area contributed by atoms with Crippen LogP contribution in [0.15, 0.2) is 29.2 Å². The summed E-state index contributed by atoms with van der Waals surface area (Å²) in [5, 5.41) is 8.73. The Hall–Kier alpha value is -1.00. The molecule has 1 aromatic carbocycles. The van der Waals surface area contributed by atoms with Gasteiger partial charge in [-0.3, -0.25) is 9.69 Å². The van der Waals surface area contributed by atoms with E-state index in [0.29, 0.717) is 6.54 Å². The van der Waals surface area contributed by atoms with E-state index in [1.54, 1.807) is 11.8 Å². The molecule has 0 unspecified atom stereocenters. The van der Waals surface area contributed by atoms with E-state index in [-0.39, 0.29) is 6.54 Å².